The van der Waals surface area contributed by atoms with Crippen molar-refractivity contribution in [2.24, 2.45) is 0 Å². The van der Waals surface area contributed by atoms with Crippen LogP contribution in [0.15, 0.2) is 54.6 Å². The van der Waals surface area contributed by atoms with E-state index in [0.717, 1.165) is 22.9 Å². The number of amides is 1. The highest BCUT2D eigenvalue weighted by molar-refractivity contribution is 6.35. The van der Waals surface area contributed by atoms with Crippen molar-refractivity contribution < 1.29 is 22.7 Å². The number of methoxy groups -OCH3 is 1. The van der Waals surface area contributed by atoms with Crippen LogP contribution >= 0.6 is 0 Å². The first-order valence-electron chi connectivity index (χ1n) is 8.19. The van der Waals surface area contributed by atoms with Crippen LogP contribution in [0.1, 0.15) is 16.7 Å². The fourth-order valence-electron chi connectivity index (χ4n) is 3.26. The summed E-state index contributed by atoms with van der Waals surface area (Å²) in [6.45, 7) is 0. The molecule has 136 valence electrons. The van der Waals surface area contributed by atoms with E-state index in [9.17, 15) is 18.0 Å². The highest BCUT2D eigenvalue weighted by Gasteiger charge is 2.33. The van der Waals surface area contributed by atoms with Gasteiger partial charge in [-0.25, -0.2) is 0 Å². The SMILES string of the molecule is COc1ccc2ccccc2c1/C=C1/C(=O)Nc2cc(C(F)(F)F)ccc21. The number of rotatable bonds is 2. The van der Waals surface area contributed by atoms with Gasteiger partial charge in [0.15, 0.2) is 0 Å². The summed E-state index contributed by atoms with van der Waals surface area (Å²) >= 11 is 0. The molecular weight excluding hydrogens is 355 g/mol. The van der Waals surface area contributed by atoms with E-state index in [2.05, 4.69) is 5.32 Å². The molecular formula is C21H14F3NO2. The molecule has 0 atom stereocenters. The summed E-state index contributed by atoms with van der Waals surface area (Å²) in [6.07, 6.45) is -2.80. The molecule has 0 saturated heterocycles. The number of fused-ring (bicyclic) bond motifs is 2. The van der Waals surface area contributed by atoms with Crippen LogP contribution < -0.4 is 10.1 Å². The second kappa shape index (κ2) is 6.16. The molecule has 1 amide bonds. The van der Waals surface area contributed by atoms with Gasteiger partial charge in [-0.15, -0.1) is 0 Å². The predicted molar refractivity (Wildman–Crippen MR) is 98.4 cm³/mol. The molecule has 1 heterocycles. The lowest BCUT2D eigenvalue weighted by molar-refractivity contribution is -0.137. The zero-order chi connectivity index (χ0) is 19.2. The number of hydrogen-bond acceptors (Lipinski definition) is 2. The second-order valence-corrected chi connectivity index (χ2v) is 6.17. The van der Waals surface area contributed by atoms with Gasteiger partial charge in [0.1, 0.15) is 5.75 Å². The molecule has 0 aromatic heterocycles. The first kappa shape index (κ1) is 17.1. The van der Waals surface area contributed by atoms with Gasteiger partial charge in [0, 0.05) is 22.4 Å². The Morgan fingerprint density at radius 1 is 1.04 bits per heavy atom. The van der Waals surface area contributed by atoms with Crippen molar-refractivity contribution >= 4 is 34.0 Å². The molecule has 3 aromatic rings. The van der Waals surface area contributed by atoms with Crippen LogP contribution in [0.2, 0.25) is 0 Å². The summed E-state index contributed by atoms with van der Waals surface area (Å²) in [6, 6.07) is 14.6. The minimum Gasteiger partial charge on any atom is -0.496 e. The van der Waals surface area contributed by atoms with E-state index in [-0.39, 0.29) is 5.69 Å². The number of ether oxygens (including phenoxy) is 1. The Morgan fingerprint density at radius 3 is 2.56 bits per heavy atom. The lowest BCUT2D eigenvalue weighted by Gasteiger charge is -2.10. The average molecular weight is 369 g/mol. The molecule has 1 N–H and O–H groups in total. The van der Waals surface area contributed by atoms with Gasteiger partial charge in [0.2, 0.25) is 0 Å². The summed E-state index contributed by atoms with van der Waals surface area (Å²) < 4.78 is 44.2. The van der Waals surface area contributed by atoms with E-state index < -0.39 is 17.6 Å². The topological polar surface area (TPSA) is 38.3 Å². The third-order valence-electron chi connectivity index (χ3n) is 4.57. The van der Waals surface area contributed by atoms with Crippen LogP contribution in [-0.2, 0) is 11.0 Å². The van der Waals surface area contributed by atoms with E-state index in [1.807, 2.05) is 30.3 Å². The zero-order valence-electron chi connectivity index (χ0n) is 14.2. The predicted octanol–water partition coefficient (Wildman–Crippen LogP) is 5.36. The van der Waals surface area contributed by atoms with Crippen LogP contribution in [0.3, 0.4) is 0 Å². The minimum atomic E-state index is -4.47. The number of halogens is 3. The summed E-state index contributed by atoms with van der Waals surface area (Å²) in [5.74, 6) is 0.133. The fourth-order valence-corrected chi connectivity index (χ4v) is 3.26. The number of carbonyl (C=O) groups is 1. The molecule has 0 saturated carbocycles. The van der Waals surface area contributed by atoms with Crippen LogP contribution in [0.25, 0.3) is 22.4 Å². The quantitative estimate of drug-likeness (QED) is 0.618. The van der Waals surface area contributed by atoms with Gasteiger partial charge in [-0.1, -0.05) is 36.4 Å². The molecule has 1 aliphatic rings. The summed E-state index contributed by atoms with van der Waals surface area (Å²) in [4.78, 5) is 12.4. The number of nitrogens with one attached hydrogen (secondary N) is 1. The third-order valence-corrected chi connectivity index (χ3v) is 4.57. The molecule has 3 nitrogen and oxygen atoms in total. The number of hydrogen-bond donors (Lipinski definition) is 1. The maximum absolute atomic E-state index is 12.9. The number of benzene rings is 3. The van der Waals surface area contributed by atoms with Crippen molar-refractivity contribution in [3.8, 4) is 5.75 Å². The monoisotopic (exact) mass is 369 g/mol. The molecule has 4 rings (SSSR count). The van der Waals surface area contributed by atoms with Crippen molar-refractivity contribution in [2.45, 2.75) is 6.18 Å². The van der Waals surface area contributed by atoms with Crippen molar-refractivity contribution in [1.82, 2.24) is 0 Å². The van der Waals surface area contributed by atoms with Crippen molar-refractivity contribution in [2.75, 3.05) is 12.4 Å². The van der Waals surface area contributed by atoms with Gasteiger partial charge >= 0.3 is 6.18 Å². The molecule has 0 aliphatic carbocycles. The Bertz CT molecular complexity index is 1100. The zero-order valence-corrected chi connectivity index (χ0v) is 14.2. The standard InChI is InChI=1S/C21H14F3NO2/c1-27-19-9-6-12-4-2-3-5-14(12)16(19)11-17-15-8-7-13(21(22,23)24)10-18(15)25-20(17)26/h2-11H,1H3,(H,25,26)/b17-11+. The molecule has 1 aliphatic heterocycles. The Balaban J connectivity index is 1.90. The first-order chi connectivity index (χ1) is 12.9. The second-order valence-electron chi connectivity index (χ2n) is 6.17. The smallest absolute Gasteiger partial charge is 0.416 e. The van der Waals surface area contributed by atoms with Crippen LogP contribution in [0.4, 0.5) is 18.9 Å². The van der Waals surface area contributed by atoms with Crippen LogP contribution in [-0.4, -0.2) is 13.0 Å². The molecule has 3 aromatic carbocycles. The van der Waals surface area contributed by atoms with Gasteiger partial charge in [0.05, 0.1) is 12.7 Å². The molecule has 0 radical (unpaired) electrons. The fraction of sp³-hybridized carbons (Fsp3) is 0.0952. The number of carbonyl (C=O) groups excluding carboxylic acids is 1. The average Bonchev–Trinajstić information content (AvgIpc) is 2.96. The Morgan fingerprint density at radius 2 is 1.81 bits per heavy atom. The van der Waals surface area contributed by atoms with Crippen molar-refractivity contribution in [3.05, 3.63) is 71.3 Å². The molecule has 6 heteroatoms. The largest absolute Gasteiger partial charge is 0.496 e. The lowest BCUT2D eigenvalue weighted by atomic mass is 9.98. The minimum absolute atomic E-state index is 0.153. The molecule has 0 unspecified atom stereocenters. The normalized spacial score (nSPS) is 15.1. The van der Waals surface area contributed by atoms with Gasteiger partial charge < -0.3 is 10.1 Å². The van der Waals surface area contributed by atoms with Gasteiger partial charge in [-0.05, 0) is 35.0 Å². The van der Waals surface area contributed by atoms with Crippen LogP contribution in [0, 0.1) is 0 Å². The summed E-state index contributed by atoms with van der Waals surface area (Å²) in [7, 11) is 1.53. The highest BCUT2D eigenvalue weighted by Crippen LogP contribution is 2.40. The molecule has 0 bridgehead atoms. The van der Waals surface area contributed by atoms with Gasteiger partial charge in [-0.2, -0.15) is 13.2 Å². The molecule has 27 heavy (non-hydrogen) atoms. The van der Waals surface area contributed by atoms with E-state index >= 15 is 0 Å². The van der Waals surface area contributed by atoms with E-state index in [1.54, 1.807) is 12.1 Å². The van der Waals surface area contributed by atoms with Gasteiger partial charge in [0.25, 0.3) is 5.91 Å². The van der Waals surface area contributed by atoms with E-state index in [1.165, 1.54) is 13.2 Å². The van der Waals surface area contributed by atoms with Crippen molar-refractivity contribution in [1.29, 1.82) is 0 Å². The maximum Gasteiger partial charge on any atom is 0.416 e. The Kier molecular flexibility index (Phi) is 3.91. The summed E-state index contributed by atoms with van der Waals surface area (Å²) in [5, 5.41) is 4.37. The van der Waals surface area contributed by atoms with Crippen molar-refractivity contribution in [3.63, 3.8) is 0 Å². The summed E-state index contributed by atoms with van der Waals surface area (Å²) in [5.41, 5.74) is 0.788. The Labute approximate surface area is 153 Å². The van der Waals surface area contributed by atoms with Gasteiger partial charge in [-0.3, -0.25) is 4.79 Å². The highest BCUT2D eigenvalue weighted by atomic mass is 19.4. The van der Waals surface area contributed by atoms with Crippen LogP contribution in [0.5, 0.6) is 5.75 Å². The molecule has 0 spiro atoms. The Hall–Kier alpha value is -3.28. The number of alkyl halides is 3. The third kappa shape index (κ3) is 2.93. The molecule has 0 fully saturated rings. The van der Waals surface area contributed by atoms with E-state index in [0.29, 0.717) is 22.4 Å². The maximum atomic E-state index is 12.9. The first-order valence-corrected chi connectivity index (χ1v) is 8.19. The lowest BCUT2D eigenvalue weighted by Crippen LogP contribution is -2.06. The van der Waals surface area contributed by atoms with E-state index in [4.69, 9.17) is 4.74 Å². The number of anilines is 1.